The molecule has 1 heterocycles. The molecule has 1 aromatic carbocycles. The molecule has 1 amide bonds. The molecule has 28 heavy (non-hydrogen) atoms. The zero-order valence-corrected chi connectivity index (χ0v) is 17.5. The number of benzene rings is 1. The number of fused-ring (bicyclic) bond motifs is 1. The van der Waals surface area contributed by atoms with Gasteiger partial charge in [-0.2, -0.15) is 0 Å². The van der Waals surface area contributed by atoms with Gasteiger partial charge in [0.25, 0.3) is 0 Å². The van der Waals surface area contributed by atoms with Crippen molar-refractivity contribution in [2.75, 3.05) is 27.3 Å². The molecule has 0 N–H and O–H groups in total. The van der Waals surface area contributed by atoms with Crippen molar-refractivity contribution in [3.05, 3.63) is 23.3 Å². The Morgan fingerprint density at radius 2 is 1.71 bits per heavy atom. The highest BCUT2D eigenvalue weighted by Gasteiger charge is 2.35. The Kier molecular flexibility index (Phi) is 5.87. The SMILES string of the molecule is COc1cc2c(cc1OC)C(=O)[C@@H](CC1CCN(C(=O)OC(C)(C)C)CC1)C2. The highest BCUT2D eigenvalue weighted by Crippen LogP contribution is 2.39. The number of ketones is 1. The van der Waals surface area contributed by atoms with Gasteiger partial charge in [-0.05, 0) is 70.1 Å². The molecule has 1 fully saturated rings. The van der Waals surface area contributed by atoms with Crippen LogP contribution in [0.3, 0.4) is 0 Å². The van der Waals surface area contributed by atoms with E-state index >= 15 is 0 Å². The number of likely N-dealkylation sites (tertiary alicyclic amines) is 1. The number of ether oxygens (including phenoxy) is 3. The van der Waals surface area contributed by atoms with Crippen molar-refractivity contribution in [2.45, 2.75) is 52.1 Å². The van der Waals surface area contributed by atoms with E-state index in [1.165, 1.54) is 0 Å². The van der Waals surface area contributed by atoms with E-state index in [2.05, 4.69) is 0 Å². The Bertz CT molecular complexity index is 744. The van der Waals surface area contributed by atoms with E-state index in [0.29, 0.717) is 30.5 Å². The fraction of sp³-hybridized carbons (Fsp3) is 0.636. The van der Waals surface area contributed by atoms with Crippen molar-refractivity contribution in [1.29, 1.82) is 0 Å². The fourth-order valence-electron chi connectivity index (χ4n) is 4.17. The Morgan fingerprint density at radius 1 is 1.11 bits per heavy atom. The Hall–Kier alpha value is -2.24. The normalized spacial score (nSPS) is 20.1. The maximum absolute atomic E-state index is 12.9. The van der Waals surface area contributed by atoms with Crippen molar-refractivity contribution in [3.8, 4) is 11.5 Å². The van der Waals surface area contributed by atoms with Crippen LogP contribution in [0.4, 0.5) is 4.79 Å². The number of amides is 1. The van der Waals surface area contributed by atoms with Gasteiger partial charge in [0.15, 0.2) is 17.3 Å². The third-order valence-corrected chi connectivity index (χ3v) is 5.60. The quantitative estimate of drug-likeness (QED) is 0.776. The summed E-state index contributed by atoms with van der Waals surface area (Å²) < 4.78 is 16.2. The molecule has 3 rings (SSSR count). The molecule has 1 aliphatic carbocycles. The molecule has 0 radical (unpaired) electrons. The molecule has 1 aliphatic heterocycles. The lowest BCUT2D eigenvalue weighted by atomic mass is 9.85. The van der Waals surface area contributed by atoms with Crippen LogP contribution in [0.15, 0.2) is 12.1 Å². The fourth-order valence-corrected chi connectivity index (χ4v) is 4.17. The number of methoxy groups -OCH3 is 2. The smallest absolute Gasteiger partial charge is 0.410 e. The standard InChI is InChI=1S/C22H31NO5/c1-22(2,3)28-21(25)23-8-6-14(7-9-23)10-16-11-15-12-18(26-4)19(27-5)13-17(15)20(16)24/h12-14,16H,6-11H2,1-5H3/t16-/m0/s1. The number of piperidine rings is 1. The van der Waals surface area contributed by atoms with Crippen molar-refractivity contribution < 1.29 is 23.8 Å². The molecule has 1 atom stereocenters. The lowest BCUT2D eigenvalue weighted by molar-refractivity contribution is 0.0175. The van der Waals surface area contributed by atoms with Gasteiger partial charge in [0.2, 0.25) is 0 Å². The van der Waals surface area contributed by atoms with Crippen LogP contribution in [-0.2, 0) is 11.2 Å². The van der Waals surface area contributed by atoms with E-state index in [-0.39, 0.29) is 17.8 Å². The lowest BCUT2D eigenvalue weighted by Crippen LogP contribution is -2.42. The largest absolute Gasteiger partial charge is 0.493 e. The number of hydrogen-bond donors (Lipinski definition) is 0. The van der Waals surface area contributed by atoms with Crippen LogP contribution in [-0.4, -0.2) is 49.7 Å². The second-order valence-electron chi connectivity index (χ2n) is 8.78. The predicted molar refractivity (Wildman–Crippen MR) is 106 cm³/mol. The van der Waals surface area contributed by atoms with Crippen LogP contribution < -0.4 is 9.47 Å². The average molecular weight is 389 g/mol. The predicted octanol–water partition coefficient (Wildman–Crippen LogP) is 4.10. The molecule has 2 aliphatic rings. The average Bonchev–Trinajstić information content (AvgIpc) is 2.94. The van der Waals surface area contributed by atoms with E-state index in [1.54, 1.807) is 19.1 Å². The summed E-state index contributed by atoms with van der Waals surface area (Å²) in [6, 6.07) is 3.73. The van der Waals surface area contributed by atoms with Gasteiger partial charge in [-0.1, -0.05) is 0 Å². The minimum atomic E-state index is -0.474. The van der Waals surface area contributed by atoms with Gasteiger partial charge >= 0.3 is 6.09 Å². The second kappa shape index (κ2) is 8.02. The summed E-state index contributed by atoms with van der Waals surface area (Å²) in [5.41, 5.74) is 1.32. The summed E-state index contributed by atoms with van der Waals surface area (Å²) in [6.07, 6.45) is 3.19. The van der Waals surface area contributed by atoms with E-state index in [0.717, 1.165) is 36.8 Å². The number of hydrogen-bond acceptors (Lipinski definition) is 5. The number of Topliss-reactive ketones (excluding diaryl/α,β-unsaturated/α-hetero) is 1. The first-order valence-electron chi connectivity index (χ1n) is 9.99. The Morgan fingerprint density at radius 3 is 2.29 bits per heavy atom. The van der Waals surface area contributed by atoms with Crippen LogP contribution in [0, 0.1) is 11.8 Å². The maximum atomic E-state index is 12.9. The molecule has 154 valence electrons. The van der Waals surface area contributed by atoms with Crippen molar-refractivity contribution in [1.82, 2.24) is 4.90 Å². The molecule has 6 nitrogen and oxygen atoms in total. The lowest BCUT2D eigenvalue weighted by Gasteiger charge is -2.34. The summed E-state index contributed by atoms with van der Waals surface area (Å²) in [5.74, 6) is 1.92. The van der Waals surface area contributed by atoms with Crippen LogP contribution in [0.2, 0.25) is 0 Å². The first-order valence-corrected chi connectivity index (χ1v) is 9.99. The molecule has 1 aromatic rings. The highest BCUT2D eigenvalue weighted by molar-refractivity contribution is 6.02. The van der Waals surface area contributed by atoms with Gasteiger partial charge in [-0.3, -0.25) is 4.79 Å². The van der Waals surface area contributed by atoms with Gasteiger partial charge in [0.1, 0.15) is 5.60 Å². The van der Waals surface area contributed by atoms with Crippen molar-refractivity contribution >= 4 is 11.9 Å². The molecular weight excluding hydrogens is 358 g/mol. The monoisotopic (exact) mass is 389 g/mol. The Balaban J connectivity index is 1.57. The third kappa shape index (κ3) is 4.42. The first-order chi connectivity index (χ1) is 13.2. The second-order valence-corrected chi connectivity index (χ2v) is 8.78. The molecule has 6 heteroatoms. The summed E-state index contributed by atoms with van der Waals surface area (Å²) in [4.78, 5) is 26.9. The molecule has 0 aromatic heterocycles. The molecule has 0 spiro atoms. The van der Waals surface area contributed by atoms with Gasteiger partial charge in [0, 0.05) is 24.6 Å². The number of carbonyl (C=O) groups excluding carboxylic acids is 2. The van der Waals surface area contributed by atoms with E-state index < -0.39 is 5.60 Å². The Labute approximate surface area is 167 Å². The topological polar surface area (TPSA) is 65.1 Å². The van der Waals surface area contributed by atoms with Crippen molar-refractivity contribution in [3.63, 3.8) is 0 Å². The number of carbonyl (C=O) groups is 2. The van der Waals surface area contributed by atoms with E-state index in [4.69, 9.17) is 14.2 Å². The zero-order valence-electron chi connectivity index (χ0n) is 17.5. The van der Waals surface area contributed by atoms with Gasteiger partial charge < -0.3 is 19.1 Å². The van der Waals surface area contributed by atoms with Crippen molar-refractivity contribution in [2.24, 2.45) is 11.8 Å². The number of nitrogens with zero attached hydrogens (tertiary/aromatic N) is 1. The van der Waals surface area contributed by atoms with Crippen LogP contribution in [0.5, 0.6) is 11.5 Å². The summed E-state index contributed by atoms with van der Waals surface area (Å²) in [5, 5.41) is 0. The highest BCUT2D eigenvalue weighted by atomic mass is 16.6. The summed E-state index contributed by atoms with van der Waals surface area (Å²) >= 11 is 0. The van der Waals surface area contributed by atoms with Crippen LogP contribution in [0.1, 0.15) is 56.0 Å². The third-order valence-electron chi connectivity index (χ3n) is 5.60. The molecule has 0 saturated carbocycles. The number of rotatable bonds is 4. The zero-order chi connectivity index (χ0) is 20.5. The van der Waals surface area contributed by atoms with E-state index in [1.807, 2.05) is 32.9 Å². The minimum absolute atomic E-state index is 0.00453. The minimum Gasteiger partial charge on any atom is -0.493 e. The molecular formula is C22H31NO5. The van der Waals surface area contributed by atoms with Crippen LogP contribution in [0.25, 0.3) is 0 Å². The maximum Gasteiger partial charge on any atom is 0.410 e. The van der Waals surface area contributed by atoms with Gasteiger partial charge in [0.05, 0.1) is 14.2 Å². The van der Waals surface area contributed by atoms with Gasteiger partial charge in [-0.15, -0.1) is 0 Å². The summed E-state index contributed by atoms with van der Waals surface area (Å²) in [6.45, 7) is 7.02. The van der Waals surface area contributed by atoms with E-state index in [9.17, 15) is 9.59 Å². The molecule has 0 bridgehead atoms. The van der Waals surface area contributed by atoms with Crippen LogP contribution >= 0.6 is 0 Å². The molecule has 1 saturated heterocycles. The van der Waals surface area contributed by atoms with Gasteiger partial charge in [-0.25, -0.2) is 4.79 Å². The summed E-state index contributed by atoms with van der Waals surface area (Å²) in [7, 11) is 3.19. The molecule has 0 unspecified atom stereocenters. The first kappa shape index (κ1) is 20.5.